The maximum Gasteiger partial charge on any atom is 0.254 e. The van der Waals surface area contributed by atoms with Gasteiger partial charge in [0.05, 0.1) is 19.3 Å². The van der Waals surface area contributed by atoms with Gasteiger partial charge in [-0.15, -0.1) is 0 Å². The number of nitrogens with zero attached hydrogens (tertiary/aromatic N) is 2. The molecule has 5 nitrogen and oxygen atoms in total. The van der Waals surface area contributed by atoms with Crippen molar-refractivity contribution in [1.29, 1.82) is 0 Å². The first kappa shape index (κ1) is 20.7. The van der Waals surface area contributed by atoms with Crippen LogP contribution < -0.4 is 0 Å². The molecule has 2 aromatic rings. The third kappa shape index (κ3) is 4.40. The number of carbonyl (C=O) groups excluding carboxylic acids is 1. The van der Waals surface area contributed by atoms with Gasteiger partial charge in [-0.1, -0.05) is 36.4 Å². The molecular weight excluding hydrogens is 388 g/mol. The van der Waals surface area contributed by atoms with Crippen LogP contribution in [-0.2, 0) is 30.5 Å². The summed E-state index contributed by atoms with van der Waals surface area (Å²) in [5.74, 6) is 0.631. The second-order valence-corrected chi connectivity index (χ2v) is 9.52. The van der Waals surface area contributed by atoms with E-state index >= 15 is 0 Å². The molecule has 0 spiro atoms. The number of aliphatic hydroxyl groups excluding tert-OH is 1. The molecule has 3 heterocycles. The van der Waals surface area contributed by atoms with Gasteiger partial charge in [0.1, 0.15) is 0 Å². The molecule has 2 unspecified atom stereocenters. The summed E-state index contributed by atoms with van der Waals surface area (Å²) in [7, 11) is 0. The number of benzene rings is 2. The molecule has 164 valence electrons. The topological polar surface area (TPSA) is 53.0 Å². The van der Waals surface area contributed by atoms with E-state index in [-0.39, 0.29) is 11.9 Å². The van der Waals surface area contributed by atoms with Gasteiger partial charge in [0, 0.05) is 43.7 Å². The molecule has 31 heavy (non-hydrogen) atoms. The Balaban J connectivity index is 1.23. The fourth-order valence-corrected chi connectivity index (χ4v) is 5.20. The number of fused-ring (bicyclic) bond motifs is 2. The van der Waals surface area contributed by atoms with Crippen LogP contribution in [0, 0.1) is 5.92 Å². The predicted molar refractivity (Wildman–Crippen MR) is 120 cm³/mol. The fraction of sp³-hybridized carbons (Fsp3) is 0.500. The van der Waals surface area contributed by atoms with Gasteiger partial charge in [-0.05, 0) is 54.5 Å². The van der Waals surface area contributed by atoms with Gasteiger partial charge < -0.3 is 14.7 Å². The Morgan fingerprint density at radius 2 is 1.90 bits per heavy atom. The maximum absolute atomic E-state index is 13.3. The Labute approximate surface area is 184 Å². The first-order valence-electron chi connectivity index (χ1n) is 11.5. The lowest BCUT2D eigenvalue weighted by Crippen LogP contribution is -2.50. The van der Waals surface area contributed by atoms with Crippen LogP contribution in [0.3, 0.4) is 0 Å². The molecule has 0 aliphatic carbocycles. The van der Waals surface area contributed by atoms with Crippen molar-refractivity contribution in [1.82, 2.24) is 9.80 Å². The molecular formula is C26H32N2O3. The van der Waals surface area contributed by atoms with E-state index in [1.165, 1.54) is 16.7 Å². The molecule has 2 aromatic carbocycles. The molecule has 3 aliphatic heterocycles. The second kappa shape index (κ2) is 8.73. The number of carbonyl (C=O) groups is 1. The molecule has 2 atom stereocenters. The van der Waals surface area contributed by atoms with Crippen molar-refractivity contribution in [2.24, 2.45) is 5.92 Å². The highest BCUT2D eigenvalue weighted by molar-refractivity contribution is 5.97. The summed E-state index contributed by atoms with van der Waals surface area (Å²) < 4.78 is 5.29. The maximum atomic E-state index is 13.3. The third-order valence-electron chi connectivity index (χ3n) is 7.03. The van der Waals surface area contributed by atoms with Gasteiger partial charge in [0.25, 0.3) is 5.91 Å². The zero-order valence-corrected chi connectivity index (χ0v) is 18.3. The number of amides is 1. The summed E-state index contributed by atoms with van der Waals surface area (Å²) in [5, 5.41) is 10.8. The van der Waals surface area contributed by atoms with Crippen molar-refractivity contribution in [3.05, 3.63) is 70.3 Å². The number of β-amino-alcohol motifs (C(OH)–C–C–N with tert-alkyl or cyclic N) is 1. The van der Waals surface area contributed by atoms with Crippen LogP contribution in [0.5, 0.6) is 0 Å². The van der Waals surface area contributed by atoms with E-state index < -0.39 is 6.10 Å². The predicted octanol–water partition coefficient (Wildman–Crippen LogP) is 2.68. The van der Waals surface area contributed by atoms with Gasteiger partial charge in [0.2, 0.25) is 0 Å². The lowest BCUT2D eigenvalue weighted by Gasteiger charge is -2.37. The van der Waals surface area contributed by atoms with Gasteiger partial charge in [-0.25, -0.2) is 0 Å². The van der Waals surface area contributed by atoms with Gasteiger partial charge in [-0.2, -0.15) is 0 Å². The van der Waals surface area contributed by atoms with Crippen molar-refractivity contribution < 1.29 is 14.6 Å². The van der Waals surface area contributed by atoms with Crippen LogP contribution in [0.2, 0.25) is 0 Å². The summed E-state index contributed by atoms with van der Waals surface area (Å²) >= 11 is 0. The molecule has 0 radical (unpaired) electrons. The highest BCUT2D eigenvalue weighted by Crippen LogP contribution is 2.27. The SMILES string of the molecule is CC1Cc2ccc(CC3COC3)cc2C(=O)N1CC(O)CN1CCc2ccccc2C1. The number of rotatable bonds is 6. The van der Waals surface area contributed by atoms with E-state index in [9.17, 15) is 9.90 Å². The van der Waals surface area contributed by atoms with Gasteiger partial charge >= 0.3 is 0 Å². The van der Waals surface area contributed by atoms with E-state index in [1.807, 2.05) is 4.90 Å². The Hall–Kier alpha value is -2.21. The molecule has 0 aromatic heterocycles. The Bertz CT molecular complexity index is 955. The van der Waals surface area contributed by atoms with Crippen LogP contribution in [0.25, 0.3) is 0 Å². The van der Waals surface area contributed by atoms with Crippen LogP contribution in [-0.4, -0.2) is 65.8 Å². The van der Waals surface area contributed by atoms with Crippen molar-refractivity contribution in [2.75, 3.05) is 32.8 Å². The van der Waals surface area contributed by atoms with Crippen LogP contribution in [0.4, 0.5) is 0 Å². The molecule has 1 amide bonds. The molecule has 0 bridgehead atoms. The number of aliphatic hydroxyl groups is 1. The highest BCUT2D eigenvalue weighted by atomic mass is 16.5. The van der Waals surface area contributed by atoms with Crippen molar-refractivity contribution in [3.63, 3.8) is 0 Å². The average molecular weight is 421 g/mol. The van der Waals surface area contributed by atoms with Crippen LogP contribution in [0.1, 0.15) is 39.5 Å². The molecule has 1 saturated heterocycles. The molecule has 1 N–H and O–H groups in total. The van der Waals surface area contributed by atoms with Crippen molar-refractivity contribution >= 4 is 5.91 Å². The van der Waals surface area contributed by atoms with Gasteiger partial charge in [0.15, 0.2) is 0 Å². The zero-order chi connectivity index (χ0) is 21.4. The second-order valence-electron chi connectivity index (χ2n) is 9.52. The standard InChI is InChI=1S/C26H32N2O3/c1-18-10-22-7-6-19(11-20-16-31-17-20)12-25(22)26(30)28(18)15-24(29)14-27-9-8-21-4-2-3-5-23(21)13-27/h2-7,12,18,20,24,29H,8-11,13-17H2,1H3. The summed E-state index contributed by atoms with van der Waals surface area (Å²) in [4.78, 5) is 17.5. The van der Waals surface area contributed by atoms with Crippen molar-refractivity contribution in [3.8, 4) is 0 Å². The summed E-state index contributed by atoms with van der Waals surface area (Å²) in [6, 6.07) is 15.0. The van der Waals surface area contributed by atoms with E-state index in [1.54, 1.807) is 0 Å². The van der Waals surface area contributed by atoms with E-state index in [0.717, 1.165) is 56.7 Å². The average Bonchev–Trinajstić information content (AvgIpc) is 2.74. The number of ether oxygens (including phenoxy) is 1. The smallest absolute Gasteiger partial charge is 0.254 e. The molecule has 0 saturated carbocycles. The number of hydrogen-bond donors (Lipinski definition) is 1. The lowest BCUT2D eigenvalue weighted by molar-refractivity contribution is -0.0312. The fourth-order valence-electron chi connectivity index (χ4n) is 5.20. The first-order valence-corrected chi connectivity index (χ1v) is 11.5. The van der Waals surface area contributed by atoms with E-state index in [0.29, 0.717) is 19.0 Å². The minimum absolute atomic E-state index is 0.0588. The molecule has 1 fully saturated rings. The third-order valence-corrected chi connectivity index (χ3v) is 7.03. The quantitative estimate of drug-likeness (QED) is 0.781. The van der Waals surface area contributed by atoms with Crippen molar-refractivity contribution in [2.45, 2.75) is 44.9 Å². The molecule has 5 rings (SSSR count). The summed E-state index contributed by atoms with van der Waals surface area (Å²) in [5.41, 5.74) is 5.91. The highest BCUT2D eigenvalue weighted by Gasteiger charge is 2.32. The van der Waals surface area contributed by atoms with Gasteiger partial charge in [-0.3, -0.25) is 9.69 Å². The monoisotopic (exact) mass is 420 g/mol. The molecule has 5 heteroatoms. The largest absolute Gasteiger partial charge is 0.390 e. The number of hydrogen-bond acceptors (Lipinski definition) is 4. The minimum Gasteiger partial charge on any atom is -0.390 e. The van der Waals surface area contributed by atoms with E-state index in [2.05, 4.69) is 54.3 Å². The first-order chi connectivity index (χ1) is 15.1. The Morgan fingerprint density at radius 3 is 2.68 bits per heavy atom. The molecule has 3 aliphatic rings. The lowest BCUT2D eigenvalue weighted by atomic mass is 9.89. The summed E-state index contributed by atoms with van der Waals surface area (Å²) in [6.07, 6.45) is 2.28. The van der Waals surface area contributed by atoms with Crippen LogP contribution >= 0.6 is 0 Å². The van der Waals surface area contributed by atoms with E-state index in [4.69, 9.17) is 4.74 Å². The summed E-state index contributed by atoms with van der Waals surface area (Å²) in [6.45, 7) is 6.53. The van der Waals surface area contributed by atoms with Crippen LogP contribution in [0.15, 0.2) is 42.5 Å². The minimum atomic E-state index is -0.548. The normalized spacial score (nSPS) is 22.6. The zero-order valence-electron chi connectivity index (χ0n) is 18.3. The Kier molecular flexibility index (Phi) is 5.83. The Morgan fingerprint density at radius 1 is 1.10 bits per heavy atom.